The molecule has 66 heavy (non-hydrogen) atoms. The van der Waals surface area contributed by atoms with E-state index in [4.69, 9.17) is 40.4 Å². The molecule has 0 fully saturated rings. The van der Waals surface area contributed by atoms with Crippen molar-refractivity contribution >= 4 is 80.6 Å². The lowest BCUT2D eigenvalue weighted by Gasteiger charge is -2.13. The number of carboxylic acid groups (broad SMARTS) is 1. The van der Waals surface area contributed by atoms with Crippen molar-refractivity contribution < 1.29 is 47.8 Å². The number of alkyl carbamates (subject to hydrolysis) is 1. The molecule has 0 atom stereocenters. The van der Waals surface area contributed by atoms with Crippen LogP contribution in [-0.2, 0) is 35.7 Å². The maximum Gasteiger partial charge on any atom is 0.407 e. The molecule has 5 aromatic heterocycles. The molecule has 23 nitrogen and oxygen atoms in total. The van der Waals surface area contributed by atoms with E-state index in [9.17, 15) is 28.8 Å². The Morgan fingerprint density at radius 1 is 0.788 bits per heavy atom. The summed E-state index contributed by atoms with van der Waals surface area (Å²) in [6.07, 6.45) is 4.14. The van der Waals surface area contributed by atoms with E-state index in [0.29, 0.717) is 57.7 Å². The Kier molecular flexibility index (Phi) is 13.4. The van der Waals surface area contributed by atoms with E-state index in [1.165, 1.54) is 24.5 Å². The van der Waals surface area contributed by atoms with Crippen molar-refractivity contribution in [1.29, 1.82) is 0 Å². The number of nitrogens with zero attached hydrogens (tertiary/aromatic N) is 8. The van der Waals surface area contributed by atoms with E-state index in [0.717, 1.165) is 0 Å². The first kappa shape index (κ1) is 45.5. The predicted molar refractivity (Wildman–Crippen MR) is 238 cm³/mol. The standard InChI is InChI=1S/C43H47N13O10/c1-5-55-30(18-23(3)51-55)39(61)49-41-47-28-20-25(37(44)59)21-32(64-15-9-16-66-43(63)46-12-10-33(57)58)34(28)53(41)13-7-8-14-54-35-29(22-27(38(45)60)26-11-17-65-36(26)35)48-42(54)50-40(62)31-19-24(4)52-56(31)6-2/h7-8,11,17-22H,5-6,9-10,12-16H2,1-4H3,(H2,44,59)(H2,45,60)(H,46,63)(H,57,58)(H,47,49,61)(H,48,50,62)/b8-7+. The second kappa shape index (κ2) is 19.5. The van der Waals surface area contributed by atoms with Crippen LogP contribution in [0.4, 0.5) is 16.7 Å². The maximum absolute atomic E-state index is 13.8. The molecule has 2 aromatic carbocycles. The van der Waals surface area contributed by atoms with Gasteiger partial charge in [-0.25, -0.2) is 14.8 Å². The molecular weight excluding hydrogens is 859 g/mol. The molecule has 0 spiro atoms. The third-order valence-electron chi connectivity index (χ3n) is 10.3. The van der Waals surface area contributed by atoms with Gasteiger partial charge in [0.25, 0.3) is 11.8 Å². The molecule has 344 valence electrons. The van der Waals surface area contributed by atoms with E-state index in [1.807, 2.05) is 13.8 Å². The molecule has 0 saturated carbocycles. The Morgan fingerprint density at radius 3 is 1.94 bits per heavy atom. The Hall–Kier alpha value is -8.50. The third-order valence-corrected chi connectivity index (χ3v) is 10.3. The van der Waals surface area contributed by atoms with Crippen molar-refractivity contribution in [3.63, 3.8) is 0 Å². The van der Waals surface area contributed by atoms with Gasteiger partial charge in [-0.05, 0) is 64.1 Å². The zero-order valence-corrected chi connectivity index (χ0v) is 36.4. The topological polar surface area (TPSA) is 314 Å². The lowest BCUT2D eigenvalue weighted by molar-refractivity contribution is -0.136. The number of aliphatic carboxylic acids is 1. The molecule has 0 radical (unpaired) electrons. The fourth-order valence-electron chi connectivity index (χ4n) is 7.32. The lowest BCUT2D eigenvalue weighted by Crippen LogP contribution is -2.27. The third kappa shape index (κ3) is 9.68. The number of aromatic nitrogens is 8. The van der Waals surface area contributed by atoms with E-state index < -0.39 is 35.7 Å². The number of imidazole rings is 2. The van der Waals surface area contributed by atoms with Crippen molar-refractivity contribution in [2.45, 2.75) is 66.7 Å². The molecule has 7 rings (SSSR count). The Morgan fingerprint density at radius 2 is 1.38 bits per heavy atom. The van der Waals surface area contributed by atoms with E-state index in [2.05, 4.69) is 26.1 Å². The molecule has 0 bridgehead atoms. The van der Waals surface area contributed by atoms with Crippen molar-refractivity contribution in [2.75, 3.05) is 30.4 Å². The zero-order valence-electron chi connectivity index (χ0n) is 36.4. The van der Waals surface area contributed by atoms with Gasteiger partial charge in [0.2, 0.25) is 23.7 Å². The SMILES string of the molecule is CCn1nc(C)cc1C(=O)Nc1nc2cc(C(N)=O)cc(OCCCOC(=O)NCCC(=O)O)c2n1C/C=C/Cn1c(NC(=O)c2cc(C)nn2CC)nc2cc(C(N)=O)c3ccoc3c21. The quantitative estimate of drug-likeness (QED) is 0.0463. The summed E-state index contributed by atoms with van der Waals surface area (Å²) in [6, 6.07) is 9.38. The molecule has 5 heterocycles. The highest BCUT2D eigenvalue weighted by Crippen LogP contribution is 2.34. The Balaban J connectivity index is 1.24. The summed E-state index contributed by atoms with van der Waals surface area (Å²) in [5, 5.41) is 26.2. The summed E-state index contributed by atoms with van der Waals surface area (Å²) >= 11 is 0. The minimum absolute atomic E-state index is 0.00305. The minimum Gasteiger partial charge on any atom is -0.491 e. The fourth-order valence-corrected chi connectivity index (χ4v) is 7.32. The van der Waals surface area contributed by atoms with Crippen molar-refractivity contribution in [3.05, 3.63) is 88.7 Å². The normalized spacial score (nSPS) is 11.5. The van der Waals surface area contributed by atoms with Crippen molar-refractivity contribution in [2.24, 2.45) is 11.5 Å². The summed E-state index contributed by atoms with van der Waals surface area (Å²) in [6.45, 7) is 8.12. The molecule has 0 aliphatic carbocycles. The number of nitrogens with two attached hydrogens (primary N) is 2. The number of amides is 5. The fraction of sp³-hybridized carbons (Fsp3) is 0.302. The lowest BCUT2D eigenvalue weighted by atomic mass is 10.1. The molecule has 0 unspecified atom stereocenters. The van der Waals surface area contributed by atoms with Gasteiger partial charge in [0, 0.05) is 50.1 Å². The summed E-state index contributed by atoms with van der Waals surface area (Å²) in [5.41, 5.74) is 15.4. The van der Waals surface area contributed by atoms with E-state index in [1.54, 1.807) is 62.7 Å². The second-order valence-corrected chi connectivity index (χ2v) is 14.9. The monoisotopic (exact) mass is 905 g/mol. The number of hydrogen-bond donors (Lipinski definition) is 6. The number of allylic oxidation sites excluding steroid dienone is 2. The van der Waals surface area contributed by atoms with Gasteiger partial charge in [0.05, 0.1) is 53.9 Å². The number of carbonyl (C=O) groups is 6. The molecule has 5 amide bonds. The van der Waals surface area contributed by atoms with E-state index in [-0.39, 0.29) is 85.7 Å². The smallest absolute Gasteiger partial charge is 0.407 e. The van der Waals surface area contributed by atoms with Crippen molar-refractivity contribution in [3.8, 4) is 5.75 Å². The molecule has 7 aromatic rings. The van der Waals surface area contributed by atoms with Gasteiger partial charge in [-0.15, -0.1) is 0 Å². The number of fused-ring (bicyclic) bond motifs is 4. The number of nitrogens with one attached hydrogen (secondary N) is 3. The molecule has 0 saturated heterocycles. The van der Waals surface area contributed by atoms with Crippen LogP contribution in [-0.4, -0.2) is 99.2 Å². The van der Waals surface area contributed by atoms with Gasteiger partial charge in [-0.1, -0.05) is 12.2 Å². The van der Waals surface area contributed by atoms with Crippen LogP contribution in [0.3, 0.4) is 0 Å². The molecule has 0 aliphatic rings. The van der Waals surface area contributed by atoms with Crippen LogP contribution in [0.25, 0.3) is 33.0 Å². The first-order valence-electron chi connectivity index (χ1n) is 20.8. The van der Waals surface area contributed by atoms with Crippen LogP contribution in [0.5, 0.6) is 5.75 Å². The van der Waals surface area contributed by atoms with Crippen LogP contribution in [0.2, 0.25) is 0 Å². The largest absolute Gasteiger partial charge is 0.491 e. The number of hydrogen-bond acceptors (Lipinski definition) is 13. The molecular formula is C43H47N13O10. The van der Waals surface area contributed by atoms with Gasteiger partial charge in [-0.3, -0.25) is 44.0 Å². The van der Waals surface area contributed by atoms with Crippen LogP contribution >= 0.6 is 0 Å². The maximum atomic E-state index is 13.8. The summed E-state index contributed by atoms with van der Waals surface area (Å²) in [7, 11) is 0. The van der Waals surface area contributed by atoms with Gasteiger partial charge in [-0.2, -0.15) is 10.2 Å². The molecule has 0 aliphatic heterocycles. The Bertz CT molecular complexity index is 3060. The number of ether oxygens (including phenoxy) is 2. The predicted octanol–water partition coefficient (Wildman–Crippen LogP) is 4.11. The van der Waals surface area contributed by atoms with Gasteiger partial charge in [0.1, 0.15) is 28.2 Å². The number of aryl methyl sites for hydroxylation is 4. The number of carbonyl (C=O) groups excluding carboxylic acids is 5. The average Bonchev–Trinajstić information content (AvgIpc) is 4.11. The number of primary amides is 2. The summed E-state index contributed by atoms with van der Waals surface area (Å²) in [5.74, 6) is -3.08. The first-order chi connectivity index (χ1) is 31.7. The van der Waals surface area contributed by atoms with Crippen LogP contribution in [0.1, 0.15) is 79.8 Å². The van der Waals surface area contributed by atoms with Crippen LogP contribution in [0.15, 0.2) is 59.2 Å². The van der Waals surface area contributed by atoms with Gasteiger partial charge in [0.15, 0.2) is 5.58 Å². The highest BCUT2D eigenvalue weighted by atomic mass is 16.5. The average molecular weight is 906 g/mol. The highest BCUT2D eigenvalue weighted by Gasteiger charge is 2.24. The first-order valence-corrected chi connectivity index (χ1v) is 20.8. The summed E-state index contributed by atoms with van der Waals surface area (Å²) in [4.78, 5) is 84.7. The second-order valence-electron chi connectivity index (χ2n) is 14.9. The number of benzene rings is 2. The van der Waals surface area contributed by atoms with E-state index >= 15 is 0 Å². The van der Waals surface area contributed by atoms with Crippen LogP contribution < -0.4 is 32.2 Å². The minimum atomic E-state index is -1.07. The number of carboxylic acids is 1. The van der Waals surface area contributed by atoms with Crippen molar-refractivity contribution in [1.82, 2.24) is 44.0 Å². The summed E-state index contributed by atoms with van der Waals surface area (Å²) < 4.78 is 23.7. The van der Waals surface area contributed by atoms with Gasteiger partial charge >= 0.3 is 12.1 Å². The molecule has 23 heteroatoms. The van der Waals surface area contributed by atoms with Crippen LogP contribution in [0, 0.1) is 13.8 Å². The van der Waals surface area contributed by atoms with Gasteiger partial charge < -0.3 is 44.9 Å². The molecule has 8 N–H and O–H groups in total. The number of rotatable bonds is 20. The highest BCUT2D eigenvalue weighted by molar-refractivity contribution is 6.14. The number of anilines is 2. The number of furan rings is 1. The Labute approximate surface area is 374 Å². The zero-order chi connectivity index (χ0) is 47.2.